The zero-order chi connectivity index (χ0) is 15.5. The molecule has 0 aliphatic carbocycles. The molecular weight excluding hydrogens is 391 g/mol. The lowest BCUT2D eigenvalue weighted by molar-refractivity contribution is -0.130. The Labute approximate surface area is 152 Å². The average molecular weight is 422 g/mol. The van der Waals surface area contributed by atoms with Gasteiger partial charge in [-0.1, -0.05) is 6.08 Å². The Bertz CT molecular complexity index is 354. The summed E-state index contributed by atoms with van der Waals surface area (Å²) in [7, 11) is 2.01. The second-order valence-electron chi connectivity index (χ2n) is 5.46. The molecule has 0 unspecified atom stereocenters. The fourth-order valence-corrected chi connectivity index (χ4v) is 2.43. The van der Waals surface area contributed by atoms with E-state index >= 15 is 0 Å². The monoisotopic (exact) mass is 422 g/mol. The van der Waals surface area contributed by atoms with Crippen LogP contribution in [0, 0.1) is 0 Å². The molecule has 0 radical (unpaired) electrons. The maximum absolute atomic E-state index is 12.1. The zero-order valence-corrected chi connectivity index (χ0v) is 16.3. The third-order valence-corrected chi connectivity index (χ3v) is 3.67. The molecule has 6 heteroatoms. The summed E-state index contributed by atoms with van der Waals surface area (Å²) in [5.74, 6) is 0.955. The number of hydrogen-bond acceptors (Lipinski definition) is 2. The number of carbonyl (C=O) groups is 1. The van der Waals surface area contributed by atoms with Crippen LogP contribution in [-0.4, -0.2) is 61.4 Å². The molecule has 1 fully saturated rings. The number of aliphatic imine (C=N–C) groups is 1. The molecule has 128 valence electrons. The third kappa shape index (κ3) is 8.00. The maximum Gasteiger partial charge on any atom is 0.244 e. The van der Waals surface area contributed by atoms with Gasteiger partial charge >= 0.3 is 0 Å². The van der Waals surface area contributed by atoms with E-state index in [1.54, 1.807) is 0 Å². The number of nitrogens with zero attached hydrogens (tertiary/aromatic N) is 3. The normalized spacial score (nSPS) is 15.0. The van der Waals surface area contributed by atoms with Gasteiger partial charge in [-0.2, -0.15) is 0 Å². The molecule has 0 bridgehead atoms. The molecule has 1 aliphatic heterocycles. The highest BCUT2D eigenvalue weighted by Gasteiger charge is 2.16. The van der Waals surface area contributed by atoms with Crippen LogP contribution in [0.15, 0.2) is 17.6 Å². The number of hydrogen-bond donors (Lipinski definition) is 1. The van der Waals surface area contributed by atoms with Gasteiger partial charge in [0.15, 0.2) is 5.96 Å². The molecule has 0 spiro atoms. The highest BCUT2D eigenvalue weighted by molar-refractivity contribution is 14.0. The molecule has 0 aromatic carbocycles. The standard InChI is InChI=1S/C16H30N4O.HI/c1-4-6-8-11-19(3)16(17-5-2)18-14-15(21)20-12-9-7-10-13-20;/h4H,1,5-14H2,2-3H3,(H,17,18);1H. The number of allylic oxidation sites excluding steroid dienone is 1. The molecule has 0 aromatic rings. The average Bonchev–Trinajstić information content (AvgIpc) is 2.52. The lowest BCUT2D eigenvalue weighted by Gasteiger charge is -2.26. The topological polar surface area (TPSA) is 47.9 Å². The summed E-state index contributed by atoms with van der Waals surface area (Å²) in [6.45, 7) is 9.52. The summed E-state index contributed by atoms with van der Waals surface area (Å²) < 4.78 is 0. The van der Waals surface area contributed by atoms with Gasteiger partial charge in [-0.25, -0.2) is 4.99 Å². The summed E-state index contributed by atoms with van der Waals surface area (Å²) >= 11 is 0. The van der Waals surface area contributed by atoms with E-state index in [2.05, 4.69) is 21.8 Å². The first-order chi connectivity index (χ1) is 10.2. The SMILES string of the molecule is C=CCCCN(C)C(=NCC(=O)N1CCCCC1)NCC.I. The molecule has 1 aliphatic rings. The molecule has 1 heterocycles. The van der Waals surface area contributed by atoms with Gasteiger partial charge in [-0.15, -0.1) is 30.6 Å². The van der Waals surface area contributed by atoms with E-state index in [9.17, 15) is 4.79 Å². The first-order valence-corrected chi connectivity index (χ1v) is 8.07. The van der Waals surface area contributed by atoms with E-state index in [0.717, 1.165) is 57.8 Å². The van der Waals surface area contributed by atoms with Crippen molar-refractivity contribution in [1.29, 1.82) is 0 Å². The van der Waals surface area contributed by atoms with E-state index in [-0.39, 0.29) is 36.4 Å². The smallest absolute Gasteiger partial charge is 0.244 e. The van der Waals surface area contributed by atoms with Crippen molar-refractivity contribution in [2.45, 2.75) is 39.0 Å². The highest BCUT2D eigenvalue weighted by Crippen LogP contribution is 2.08. The Morgan fingerprint density at radius 1 is 1.36 bits per heavy atom. The van der Waals surface area contributed by atoms with Crippen LogP contribution >= 0.6 is 24.0 Å². The number of nitrogens with one attached hydrogen (secondary N) is 1. The molecular formula is C16H31IN4O. The van der Waals surface area contributed by atoms with Crippen molar-refractivity contribution in [2.75, 3.05) is 39.8 Å². The first kappa shape index (κ1) is 21.2. The predicted octanol–water partition coefficient (Wildman–Crippen LogP) is 2.48. The van der Waals surface area contributed by atoms with Crippen molar-refractivity contribution in [1.82, 2.24) is 15.1 Å². The van der Waals surface area contributed by atoms with Gasteiger partial charge in [0.25, 0.3) is 0 Å². The van der Waals surface area contributed by atoms with Crippen LogP contribution in [0.4, 0.5) is 0 Å². The van der Waals surface area contributed by atoms with Crippen molar-refractivity contribution in [3.8, 4) is 0 Å². The quantitative estimate of drug-likeness (QED) is 0.226. The van der Waals surface area contributed by atoms with Crippen LogP contribution in [0.25, 0.3) is 0 Å². The lowest BCUT2D eigenvalue weighted by atomic mass is 10.1. The minimum absolute atomic E-state index is 0. The van der Waals surface area contributed by atoms with Crippen LogP contribution < -0.4 is 5.32 Å². The fraction of sp³-hybridized carbons (Fsp3) is 0.750. The van der Waals surface area contributed by atoms with Crippen LogP contribution in [0.1, 0.15) is 39.0 Å². The van der Waals surface area contributed by atoms with Crippen molar-refractivity contribution in [2.24, 2.45) is 4.99 Å². The van der Waals surface area contributed by atoms with E-state index in [1.165, 1.54) is 6.42 Å². The first-order valence-electron chi connectivity index (χ1n) is 8.07. The minimum atomic E-state index is 0. The Hall–Kier alpha value is -0.790. The van der Waals surface area contributed by atoms with E-state index in [1.807, 2.05) is 24.9 Å². The van der Waals surface area contributed by atoms with Crippen LogP contribution in [0.3, 0.4) is 0 Å². The van der Waals surface area contributed by atoms with Gasteiger partial charge in [0.05, 0.1) is 0 Å². The molecule has 0 aromatic heterocycles. The molecule has 1 saturated heterocycles. The molecule has 1 rings (SSSR count). The van der Waals surface area contributed by atoms with Gasteiger partial charge in [0, 0.05) is 33.2 Å². The van der Waals surface area contributed by atoms with Crippen LogP contribution in [0.5, 0.6) is 0 Å². The van der Waals surface area contributed by atoms with Crippen molar-refractivity contribution in [3.05, 3.63) is 12.7 Å². The van der Waals surface area contributed by atoms with E-state index < -0.39 is 0 Å². The summed E-state index contributed by atoms with van der Waals surface area (Å²) in [5.41, 5.74) is 0. The number of halogens is 1. The predicted molar refractivity (Wildman–Crippen MR) is 104 cm³/mol. The Morgan fingerprint density at radius 2 is 2.05 bits per heavy atom. The second-order valence-corrected chi connectivity index (χ2v) is 5.46. The number of amides is 1. The Balaban J connectivity index is 0.00000441. The van der Waals surface area contributed by atoms with Crippen molar-refractivity contribution >= 4 is 35.8 Å². The zero-order valence-electron chi connectivity index (χ0n) is 14.0. The second kappa shape index (κ2) is 12.7. The summed E-state index contributed by atoms with van der Waals surface area (Å²) in [6.07, 6.45) is 7.45. The number of unbranched alkanes of at least 4 members (excludes halogenated alkanes) is 1. The van der Waals surface area contributed by atoms with Crippen LogP contribution in [0.2, 0.25) is 0 Å². The molecule has 1 amide bonds. The number of rotatable bonds is 7. The van der Waals surface area contributed by atoms with Crippen molar-refractivity contribution < 1.29 is 4.79 Å². The Kier molecular flexibility index (Phi) is 12.3. The summed E-state index contributed by atoms with van der Waals surface area (Å²) in [5, 5.41) is 3.25. The Morgan fingerprint density at radius 3 is 2.64 bits per heavy atom. The number of likely N-dealkylation sites (tertiary alicyclic amines) is 1. The fourth-order valence-electron chi connectivity index (χ4n) is 2.43. The summed E-state index contributed by atoms with van der Waals surface area (Å²) in [4.78, 5) is 20.6. The largest absolute Gasteiger partial charge is 0.357 e. The number of piperidine rings is 1. The lowest BCUT2D eigenvalue weighted by Crippen LogP contribution is -2.41. The van der Waals surface area contributed by atoms with Gasteiger partial charge in [-0.05, 0) is 39.0 Å². The van der Waals surface area contributed by atoms with Crippen LogP contribution in [-0.2, 0) is 4.79 Å². The number of carbonyl (C=O) groups excluding carboxylic acids is 1. The highest BCUT2D eigenvalue weighted by atomic mass is 127. The van der Waals surface area contributed by atoms with E-state index in [0.29, 0.717) is 0 Å². The van der Waals surface area contributed by atoms with Gasteiger partial charge < -0.3 is 15.1 Å². The minimum Gasteiger partial charge on any atom is -0.357 e. The number of guanidine groups is 1. The maximum atomic E-state index is 12.1. The molecule has 1 N–H and O–H groups in total. The summed E-state index contributed by atoms with van der Waals surface area (Å²) in [6, 6.07) is 0. The van der Waals surface area contributed by atoms with Gasteiger partial charge in [0.2, 0.25) is 5.91 Å². The molecule has 5 nitrogen and oxygen atoms in total. The third-order valence-electron chi connectivity index (χ3n) is 3.67. The molecule has 22 heavy (non-hydrogen) atoms. The van der Waals surface area contributed by atoms with Gasteiger partial charge in [0.1, 0.15) is 6.54 Å². The van der Waals surface area contributed by atoms with Crippen molar-refractivity contribution in [3.63, 3.8) is 0 Å². The molecule has 0 saturated carbocycles. The molecule has 0 atom stereocenters. The van der Waals surface area contributed by atoms with E-state index in [4.69, 9.17) is 0 Å². The van der Waals surface area contributed by atoms with Gasteiger partial charge in [-0.3, -0.25) is 4.79 Å².